The van der Waals surface area contributed by atoms with Crippen LogP contribution in [0.25, 0.3) is 0 Å². The zero-order valence-electron chi connectivity index (χ0n) is 12.1. The molecule has 0 spiro atoms. The van der Waals surface area contributed by atoms with Crippen molar-refractivity contribution in [3.8, 4) is 0 Å². The molecule has 0 aliphatic carbocycles. The first kappa shape index (κ1) is 15.1. The largest absolute Gasteiger partial charge is 0.335 e. The third-order valence-corrected chi connectivity index (χ3v) is 3.51. The smallest absolute Gasteiger partial charge is 0.111 e. The molecule has 0 amide bonds. The van der Waals surface area contributed by atoms with Gasteiger partial charge in [0.1, 0.15) is 5.82 Å². The van der Waals surface area contributed by atoms with E-state index in [0.717, 1.165) is 31.1 Å². The highest BCUT2D eigenvalue weighted by molar-refractivity contribution is 6.30. The van der Waals surface area contributed by atoms with E-state index in [-0.39, 0.29) is 0 Å². The molecule has 0 bridgehead atoms. The van der Waals surface area contributed by atoms with Gasteiger partial charge >= 0.3 is 0 Å². The molecule has 0 aliphatic heterocycles. The Labute approximate surface area is 126 Å². The second-order valence-corrected chi connectivity index (χ2v) is 5.73. The summed E-state index contributed by atoms with van der Waals surface area (Å²) in [4.78, 5) is 4.40. The lowest BCUT2D eigenvalue weighted by atomic mass is 10.2. The van der Waals surface area contributed by atoms with Gasteiger partial charge in [0.25, 0.3) is 0 Å². The standard InChI is InChI=1S/C16H22ClN3/c1-13(2)16-19-9-11-20(16)10-3-8-18-12-14-4-6-15(17)7-5-14/h4-7,9,11,13,18H,3,8,10,12H2,1-2H3. The summed E-state index contributed by atoms with van der Waals surface area (Å²) in [6, 6.07) is 7.97. The highest BCUT2D eigenvalue weighted by Gasteiger charge is 2.06. The van der Waals surface area contributed by atoms with E-state index < -0.39 is 0 Å². The van der Waals surface area contributed by atoms with Crippen molar-refractivity contribution in [3.63, 3.8) is 0 Å². The molecule has 0 radical (unpaired) electrons. The summed E-state index contributed by atoms with van der Waals surface area (Å²) in [5.41, 5.74) is 1.26. The summed E-state index contributed by atoms with van der Waals surface area (Å²) >= 11 is 5.86. The minimum atomic E-state index is 0.479. The lowest BCUT2D eigenvalue weighted by molar-refractivity contribution is 0.554. The minimum Gasteiger partial charge on any atom is -0.335 e. The molecule has 0 atom stereocenters. The predicted octanol–water partition coefficient (Wildman–Crippen LogP) is 3.84. The van der Waals surface area contributed by atoms with E-state index in [0.29, 0.717) is 5.92 Å². The van der Waals surface area contributed by atoms with Crippen molar-refractivity contribution in [2.45, 2.75) is 39.3 Å². The van der Waals surface area contributed by atoms with E-state index in [1.165, 1.54) is 11.4 Å². The average Bonchev–Trinajstić information content (AvgIpc) is 2.89. The third-order valence-electron chi connectivity index (χ3n) is 3.26. The van der Waals surface area contributed by atoms with Crippen molar-refractivity contribution >= 4 is 11.6 Å². The summed E-state index contributed by atoms with van der Waals surface area (Å²) < 4.78 is 2.24. The first-order chi connectivity index (χ1) is 9.66. The molecule has 2 rings (SSSR count). The van der Waals surface area contributed by atoms with Crippen LogP contribution in [0.15, 0.2) is 36.7 Å². The maximum Gasteiger partial charge on any atom is 0.111 e. The Kier molecular flexibility index (Phi) is 5.62. The summed E-state index contributed by atoms with van der Waals surface area (Å²) in [7, 11) is 0. The van der Waals surface area contributed by atoms with E-state index in [4.69, 9.17) is 11.6 Å². The molecule has 0 fully saturated rings. The van der Waals surface area contributed by atoms with Gasteiger partial charge in [-0.15, -0.1) is 0 Å². The number of imidazole rings is 1. The Balaban J connectivity index is 1.69. The van der Waals surface area contributed by atoms with Crippen molar-refractivity contribution in [2.24, 2.45) is 0 Å². The Morgan fingerprint density at radius 1 is 1.25 bits per heavy atom. The van der Waals surface area contributed by atoms with Gasteiger partial charge in [-0.05, 0) is 30.7 Å². The molecule has 1 heterocycles. The molecular weight excluding hydrogens is 270 g/mol. The SMILES string of the molecule is CC(C)c1nccn1CCCNCc1ccc(Cl)cc1. The van der Waals surface area contributed by atoms with E-state index in [9.17, 15) is 0 Å². The topological polar surface area (TPSA) is 29.9 Å². The van der Waals surface area contributed by atoms with Crippen molar-refractivity contribution in [1.82, 2.24) is 14.9 Å². The quantitative estimate of drug-likeness (QED) is 0.786. The van der Waals surface area contributed by atoms with Gasteiger partial charge in [-0.25, -0.2) is 4.98 Å². The molecule has 108 valence electrons. The van der Waals surface area contributed by atoms with E-state index in [1.54, 1.807) is 0 Å². The maximum atomic E-state index is 5.86. The highest BCUT2D eigenvalue weighted by Crippen LogP contribution is 2.12. The van der Waals surface area contributed by atoms with Crippen LogP contribution in [0.4, 0.5) is 0 Å². The van der Waals surface area contributed by atoms with Crippen molar-refractivity contribution in [3.05, 3.63) is 53.1 Å². The third kappa shape index (κ3) is 4.36. The number of nitrogens with zero attached hydrogens (tertiary/aromatic N) is 2. The molecule has 1 aromatic carbocycles. The van der Waals surface area contributed by atoms with Crippen LogP contribution in [0.1, 0.15) is 37.6 Å². The van der Waals surface area contributed by atoms with Gasteiger partial charge in [0.2, 0.25) is 0 Å². The van der Waals surface area contributed by atoms with Gasteiger partial charge in [-0.1, -0.05) is 37.6 Å². The Morgan fingerprint density at radius 3 is 2.70 bits per heavy atom. The molecule has 20 heavy (non-hydrogen) atoms. The lowest BCUT2D eigenvalue weighted by Gasteiger charge is -2.10. The fraction of sp³-hybridized carbons (Fsp3) is 0.438. The molecule has 3 nitrogen and oxygen atoms in total. The molecule has 1 N–H and O–H groups in total. The van der Waals surface area contributed by atoms with Crippen LogP contribution in [0.5, 0.6) is 0 Å². The van der Waals surface area contributed by atoms with Crippen LogP contribution < -0.4 is 5.32 Å². The number of rotatable bonds is 7. The van der Waals surface area contributed by atoms with Crippen LogP contribution >= 0.6 is 11.6 Å². The fourth-order valence-corrected chi connectivity index (χ4v) is 2.35. The number of nitrogens with one attached hydrogen (secondary N) is 1. The maximum absolute atomic E-state index is 5.86. The molecule has 4 heteroatoms. The summed E-state index contributed by atoms with van der Waals surface area (Å²) in [5.74, 6) is 1.65. The van der Waals surface area contributed by atoms with Crippen molar-refractivity contribution in [2.75, 3.05) is 6.54 Å². The van der Waals surface area contributed by atoms with E-state index in [2.05, 4.69) is 47.0 Å². The van der Waals surface area contributed by atoms with Crippen molar-refractivity contribution < 1.29 is 0 Å². The van der Waals surface area contributed by atoms with Crippen LogP contribution in [-0.4, -0.2) is 16.1 Å². The Hall–Kier alpha value is -1.32. The zero-order chi connectivity index (χ0) is 14.4. The Morgan fingerprint density at radius 2 is 2.00 bits per heavy atom. The highest BCUT2D eigenvalue weighted by atomic mass is 35.5. The first-order valence-corrected chi connectivity index (χ1v) is 7.51. The average molecular weight is 292 g/mol. The number of benzene rings is 1. The summed E-state index contributed by atoms with van der Waals surface area (Å²) in [5, 5.41) is 4.24. The van der Waals surface area contributed by atoms with E-state index >= 15 is 0 Å². The van der Waals surface area contributed by atoms with Crippen molar-refractivity contribution in [1.29, 1.82) is 0 Å². The van der Waals surface area contributed by atoms with Crippen LogP contribution in [0.2, 0.25) is 5.02 Å². The van der Waals surface area contributed by atoms with E-state index in [1.807, 2.05) is 18.3 Å². The number of aromatic nitrogens is 2. The Bertz CT molecular complexity index is 517. The first-order valence-electron chi connectivity index (χ1n) is 7.13. The zero-order valence-corrected chi connectivity index (χ0v) is 12.9. The van der Waals surface area contributed by atoms with Crippen LogP contribution in [0, 0.1) is 0 Å². The predicted molar refractivity (Wildman–Crippen MR) is 84.1 cm³/mol. The van der Waals surface area contributed by atoms with Gasteiger partial charge in [0, 0.05) is 36.4 Å². The molecule has 1 aromatic heterocycles. The van der Waals surface area contributed by atoms with Gasteiger partial charge < -0.3 is 9.88 Å². The molecule has 0 aliphatic rings. The van der Waals surface area contributed by atoms with Crippen LogP contribution in [-0.2, 0) is 13.1 Å². The van der Waals surface area contributed by atoms with Gasteiger partial charge in [0.15, 0.2) is 0 Å². The fourth-order valence-electron chi connectivity index (χ4n) is 2.22. The number of hydrogen-bond acceptors (Lipinski definition) is 2. The monoisotopic (exact) mass is 291 g/mol. The number of hydrogen-bond donors (Lipinski definition) is 1. The molecule has 0 saturated carbocycles. The lowest BCUT2D eigenvalue weighted by Crippen LogP contribution is -2.17. The minimum absolute atomic E-state index is 0.479. The molecule has 0 unspecified atom stereocenters. The summed E-state index contributed by atoms with van der Waals surface area (Å²) in [6.07, 6.45) is 5.05. The number of aryl methyl sites for hydroxylation is 1. The van der Waals surface area contributed by atoms with Gasteiger partial charge in [-0.2, -0.15) is 0 Å². The normalized spacial score (nSPS) is 11.2. The van der Waals surface area contributed by atoms with Gasteiger partial charge in [-0.3, -0.25) is 0 Å². The number of halogens is 1. The molecular formula is C16H22ClN3. The molecule has 2 aromatic rings. The van der Waals surface area contributed by atoms with Crippen LogP contribution in [0.3, 0.4) is 0 Å². The second kappa shape index (κ2) is 7.46. The summed E-state index contributed by atoms with van der Waals surface area (Å²) in [6.45, 7) is 7.26. The second-order valence-electron chi connectivity index (χ2n) is 5.29. The molecule has 0 saturated heterocycles. The van der Waals surface area contributed by atoms with Gasteiger partial charge in [0.05, 0.1) is 0 Å².